The fraction of sp³-hybridized carbons (Fsp3) is 0.429. The Morgan fingerprint density at radius 2 is 2.20 bits per heavy atom. The van der Waals surface area contributed by atoms with Crippen LogP contribution in [0.5, 0.6) is 0 Å². The minimum absolute atomic E-state index is 0.0207. The van der Waals surface area contributed by atoms with Crippen molar-refractivity contribution in [1.29, 1.82) is 0 Å². The molecule has 1 saturated heterocycles. The Morgan fingerprint density at radius 1 is 1.45 bits per heavy atom. The highest BCUT2D eigenvalue weighted by Gasteiger charge is 2.29. The number of piperidine rings is 1. The molecule has 0 N–H and O–H groups in total. The predicted octanol–water partition coefficient (Wildman–Crippen LogP) is 2.50. The van der Waals surface area contributed by atoms with Crippen molar-refractivity contribution in [2.75, 3.05) is 20.2 Å². The summed E-state index contributed by atoms with van der Waals surface area (Å²) in [4.78, 5) is 25.4. The molecule has 0 radical (unpaired) electrons. The third-order valence-electron chi connectivity index (χ3n) is 3.41. The van der Waals surface area contributed by atoms with E-state index in [2.05, 4.69) is 0 Å². The minimum Gasteiger partial charge on any atom is -0.469 e. The number of ether oxygens (including phenoxy) is 1. The van der Waals surface area contributed by atoms with Crippen molar-refractivity contribution in [1.82, 2.24) is 4.90 Å². The number of carbonyl (C=O) groups excluding carboxylic acids is 2. The van der Waals surface area contributed by atoms with Crippen molar-refractivity contribution in [3.63, 3.8) is 0 Å². The maximum atomic E-state index is 13.4. The lowest BCUT2D eigenvalue weighted by Crippen LogP contribution is -2.42. The maximum absolute atomic E-state index is 13.4. The van der Waals surface area contributed by atoms with E-state index in [1.54, 1.807) is 4.90 Å². The number of amides is 1. The summed E-state index contributed by atoms with van der Waals surface area (Å²) < 4.78 is 18.1. The van der Waals surface area contributed by atoms with E-state index in [-0.39, 0.29) is 28.4 Å². The monoisotopic (exact) mass is 299 g/mol. The van der Waals surface area contributed by atoms with Crippen LogP contribution in [0.1, 0.15) is 23.2 Å². The molecule has 1 amide bonds. The zero-order valence-corrected chi connectivity index (χ0v) is 11.8. The molecule has 1 aliphatic heterocycles. The van der Waals surface area contributed by atoms with Gasteiger partial charge in [0.2, 0.25) is 0 Å². The lowest BCUT2D eigenvalue weighted by atomic mass is 9.97. The van der Waals surface area contributed by atoms with Crippen LogP contribution >= 0.6 is 11.6 Å². The van der Waals surface area contributed by atoms with Crippen molar-refractivity contribution in [2.24, 2.45) is 5.92 Å². The van der Waals surface area contributed by atoms with Gasteiger partial charge < -0.3 is 9.64 Å². The quantitative estimate of drug-likeness (QED) is 0.788. The number of benzene rings is 1. The fourth-order valence-corrected chi connectivity index (χ4v) is 2.45. The van der Waals surface area contributed by atoms with Gasteiger partial charge >= 0.3 is 5.97 Å². The van der Waals surface area contributed by atoms with Gasteiger partial charge in [-0.3, -0.25) is 9.59 Å². The molecule has 2 rings (SSSR count). The van der Waals surface area contributed by atoms with Crippen molar-refractivity contribution >= 4 is 23.5 Å². The first-order valence-corrected chi connectivity index (χ1v) is 6.73. The number of likely N-dealkylation sites (tertiary alicyclic amines) is 1. The van der Waals surface area contributed by atoms with Gasteiger partial charge in [0.15, 0.2) is 0 Å². The Morgan fingerprint density at radius 3 is 2.85 bits per heavy atom. The Kier molecular flexibility index (Phi) is 4.60. The number of nitrogens with zero attached hydrogens (tertiary/aromatic N) is 1. The molecule has 0 spiro atoms. The molecule has 20 heavy (non-hydrogen) atoms. The van der Waals surface area contributed by atoms with E-state index in [4.69, 9.17) is 16.3 Å². The van der Waals surface area contributed by atoms with Crippen LogP contribution < -0.4 is 0 Å². The summed E-state index contributed by atoms with van der Waals surface area (Å²) in [5, 5.41) is -0.0207. The van der Waals surface area contributed by atoms with Crippen LogP contribution in [-0.4, -0.2) is 37.0 Å². The van der Waals surface area contributed by atoms with Crippen LogP contribution in [-0.2, 0) is 9.53 Å². The van der Waals surface area contributed by atoms with Crippen LogP contribution in [0, 0.1) is 11.7 Å². The van der Waals surface area contributed by atoms with Gasteiger partial charge in [-0.05, 0) is 31.0 Å². The average molecular weight is 300 g/mol. The first kappa shape index (κ1) is 14.8. The summed E-state index contributed by atoms with van der Waals surface area (Å²) in [5.41, 5.74) is 0.234. The van der Waals surface area contributed by atoms with E-state index >= 15 is 0 Å². The highest BCUT2D eigenvalue weighted by atomic mass is 35.5. The van der Waals surface area contributed by atoms with Crippen LogP contribution in [0.15, 0.2) is 18.2 Å². The predicted molar refractivity (Wildman–Crippen MR) is 72.1 cm³/mol. The normalized spacial score (nSPS) is 18.8. The molecule has 1 unspecified atom stereocenters. The van der Waals surface area contributed by atoms with E-state index in [9.17, 15) is 14.0 Å². The Hall–Kier alpha value is -1.62. The Bertz CT molecular complexity index is 535. The largest absolute Gasteiger partial charge is 0.469 e. The number of esters is 1. The molecule has 1 fully saturated rings. The average Bonchev–Trinajstić information content (AvgIpc) is 2.48. The summed E-state index contributed by atoms with van der Waals surface area (Å²) in [7, 11) is 1.33. The fourth-order valence-electron chi connectivity index (χ4n) is 2.33. The first-order chi connectivity index (χ1) is 9.52. The molecule has 1 atom stereocenters. The molecule has 1 aromatic rings. The molecule has 108 valence electrons. The van der Waals surface area contributed by atoms with E-state index in [0.717, 1.165) is 12.5 Å². The summed E-state index contributed by atoms with van der Waals surface area (Å²) >= 11 is 5.59. The molecular formula is C14H15ClFNO3. The number of halogens is 2. The third-order valence-corrected chi connectivity index (χ3v) is 3.72. The van der Waals surface area contributed by atoms with Crippen LogP contribution in [0.3, 0.4) is 0 Å². The van der Waals surface area contributed by atoms with Crippen LogP contribution in [0.2, 0.25) is 5.02 Å². The van der Waals surface area contributed by atoms with Gasteiger partial charge in [0.1, 0.15) is 5.82 Å². The van der Waals surface area contributed by atoms with E-state index in [1.165, 1.54) is 19.2 Å². The third kappa shape index (κ3) is 3.10. The standard InChI is InChI=1S/C14H15ClFNO3/c1-20-14(19)10-3-2-6-17(8-10)13(18)9-4-5-11(15)12(16)7-9/h4-5,7,10H,2-3,6,8H2,1H3. The second-order valence-electron chi connectivity index (χ2n) is 4.74. The number of hydrogen-bond donors (Lipinski definition) is 0. The minimum atomic E-state index is -0.626. The molecule has 6 heteroatoms. The van der Waals surface area contributed by atoms with Crippen LogP contribution in [0.4, 0.5) is 4.39 Å². The van der Waals surface area contributed by atoms with Gasteiger partial charge in [-0.15, -0.1) is 0 Å². The van der Waals surface area contributed by atoms with Crippen molar-refractivity contribution in [3.05, 3.63) is 34.6 Å². The highest BCUT2D eigenvalue weighted by Crippen LogP contribution is 2.21. The molecule has 0 aliphatic carbocycles. The molecule has 0 aromatic heterocycles. The van der Waals surface area contributed by atoms with Gasteiger partial charge in [-0.2, -0.15) is 0 Å². The zero-order valence-electron chi connectivity index (χ0n) is 11.1. The highest BCUT2D eigenvalue weighted by molar-refractivity contribution is 6.30. The van der Waals surface area contributed by atoms with Gasteiger partial charge in [-0.25, -0.2) is 4.39 Å². The molecule has 0 saturated carbocycles. The first-order valence-electron chi connectivity index (χ1n) is 6.35. The summed E-state index contributed by atoms with van der Waals surface area (Å²) in [6.45, 7) is 0.853. The Balaban J connectivity index is 2.12. The van der Waals surface area contributed by atoms with Crippen LogP contribution in [0.25, 0.3) is 0 Å². The summed E-state index contributed by atoms with van der Waals surface area (Å²) in [5.74, 6) is -1.55. The maximum Gasteiger partial charge on any atom is 0.310 e. The van der Waals surface area contributed by atoms with E-state index in [0.29, 0.717) is 19.5 Å². The molecule has 1 heterocycles. The van der Waals surface area contributed by atoms with Gasteiger partial charge in [0.05, 0.1) is 18.1 Å². The topological polar surface area (TPSA) is 46.6 Å². The van der Waals surface area contributed by atoms with Crippen molar-refractivity contribution in [2.45, 2.75) is 12.8 Å². The SMILES string of the molecule is COC(=O)C1CCCN(C(=O)c2ccc(Cl)c(F)c2)C1. The molecule has 1 aromatic carbocycles. The molecular weight excluding hydrogens is 285 g/mol. The second kappa shape index (κ2) is 6.22. The van der Waals surface area contributed by atoms with Gasteiger partial charge in [0.25, 0.3) is 5.91 Å². The van der Waals surface area contributed by atoms with E-state index < -0.39 is 5.82 Å². The molecule has 4 nitrogen and oxygen atoms in total. The second-order valence-corrected chi connectivity index (χ2v) is 5.15. The summed E-state index contributed by atoms with van der Waals surface area (Å²) in [6, 6.07) is 3.95. The zero-order chi connectivity index (χ0) is 14.7. The van der Waals surface area contributed by atoms with Crippen molar-refractivity contribution < 1.29 is 18.7 Å². The smallest absolute Gasteiger partial charge is 0.310 e. The number of hydrogen-bond acceptors (Lipinski definition) is 3. The van der Waals surface area contributed by atoms with Gasteiger partial charge in [0, 0.05) is 18.7 Å². The molecule has 0 bridgehead atoms. The van der Waals surface area contributed by atoms with Gasteiger partial charge in [-0.1, -0.05) is 11.6 Å². The lowest BCUT2D eigenvalue weighted by Gasteiger charge is -2.31. The Labute approximate surface area is 121 Å². The molecule has 1 aliphatic rings. The number of methoxy groups -OCH3 is 1. The lowest BCUT2D eigenvalue weighted by molar-refractivity contribution is -0.146. The number of rotatable bonds is 2. The van der Waals surface area contributed by atoms with E-state index in [1.807, 2.05) is 0 Å². The van der Waals surface area contributed by atoms with Crippen molar-refractivity contribution in [3.8, 4) is 0 Å². The number of carbonyl (C=O) groups is 2. The summed E-state index contributed by atoms with van der Waals surface area (Å²) in [6.07, 6.45) is 1.42.